The van der Waals surface area contributed by atoms with Crippen molar-refractivity contribution in [2.24, 2.45) is 5.73 Å². The minimum absolute atomic E-state index is 0.505. The van der Waals surface area contributed by atoms with E-state index < -0.39 is 0 Å². The van der Waals surface area contributed by atoms with Crippen molar-refractivity contribution in [3.63, 3.8) is 0 Å². The van der Waals surface area contributed by atoms with Gasteiger partial charge in [0, 0.05) is 6.04 Å². The van der Waals surface area contributed by atoms with E-state index in [2.05, 4.69) is 54.7 Å². The Kier molecular flexibility index (Phi) is 4.73. The maximum absolute atomic E-state index is 5.55. The van der Waals surface area contributed by atoms with Gasteiger partial charge >= 0.3 is 0 Å². The molecule has 0 aliphatic carbocycles. The molecule has 3 N–H and O–H groups in total. The van der Waals surface area contributed by atoms with E-state index >= 15 is 0 Å². The van der Waals surface area contributed by atoms with Gasteiger partial charge in [0.2, 0.25) is 0 Å². The maximum atomic E-state index is 5.55. The third-order valence-corrected chi connectivity index (χ3v) is 3.37. The summed E-state index contributed by atoms with van der Waals surface area (Å²) in [7, 11) is 0. The molecule has 0 aromatic heterocycles. The van der Waals surface area contributed by atoms with Crippen LogP contribution in [0.15, 0.2) is 42.5 Å². The molecule has 0 radical (unpaired) electrons. The maximum Gasteiger partial charge on any atom is 0.00508 e. The molecule has 0 spiro atoms. The second kappa shape index (κ2) is 6.53. The lowest BCUT2D eigenvalue weighted by Gasteiger charge is -2.13. The van der Waals surface area contributed by atoms with Gasteiger partial charge in [-0.05, 0) is 49.2 Å². The van der Waals surface area contributed by atoms with E-state index in [-0.39, 0.29) is 0 Å². The summed E-state index contributed by atoms with van der Waals surface area (Å²) in [4.78, 5) is 0. The smallest absolute Gasteiger partial charge is 0.00508 e. The molecule has 0 aliphatic rings. The normalized spacial score (nSPS) is 12.8. The van der Waals surface area contributed by atoms with E-state index in [9.17, 15) is 0 Å². The van der Waals surface area contributed by atoms with Gasteiger partial charge in [-0.3, -0.25) is 0 Å². The van der Waals surface area contributed by atoms with Gasteiger partial charge in [0.1, 0.15) is 0 Å². The first-order chi connectivity index (χ1) is 8.81. The third-order valence-electron chi connectivity index (χ3n) is 3.37. The van der Waals surface area contributed by atoms with Crippen LogP contribution in [0.5, 0.6) is 0 Å². The zero-order chi connectivity index (χ0) is 12.8. The van der Waals surface area contributed by atoms with Gasteiger partial charge in [0.05, 0.1) is 0 Å². The van der Waals surface area contributed by atoms with Crippen LogP contribution in [0.1, 0.15) is 18.9 Å². The van der Waals surface area contributed by atoms with Gasteiger partial charge in [0.15, 0.2) is 0 Å². The zero-order valence-corrected chi connectivity index (χ0v) is 11.0. The van der Waals surface area contributed by atoms with Crippen molar-refractivity contribution in [3.05, 3.63) is 48.0 Å². The summed E-state index contributed by atoms with van der Waals surface area (Å²) in [5.41, 5.74) is 6.96. The number of benzene rings is 2. The highest BCUT2D eigenvalue weighted by molar-refractivity contribution is 5.85. The molecule has 0 heterocycles. The summed E-state index contributed by atoms with van der Waals surface area (Å²) in [6, 6.07) is 15.6. The summed E-state index contributed by atoms with van der Waals surface area (Å²) in [5.74, 6) is 0. The molecule has 0 aliphatic heterocycles. The SMILES string of the molecule is CC(CCN)NCCc1cccc2ccccc12. The molecule has 2 aromatic carbocycles. The highest BCUT2D eigenvalue weighted by Crippen LogP contribution is 2.18. The van der Waals surface area contributed by atoms with Crippen LogP contribution in [-0.4, -0.2) is 19.1 Å². The number of fused-ring (bicyclic) bond motifs is 1. The molecular weight excluding hydrogens is 220 g/mol. The van der Waals surface area contributed by atoms with Crippen LogP contribution < -0.4 is 11.1 Å². The molecular formula is C16H22N2. The molecule has 18 heavy (non-hydrogen) atoms. The molecule has 2 heteroatoms. The van der Waals surface area contributed by atoms with Crippen molar-refractivity contribution in [2.75, 3.05) is 13.1 Å². The number of nitrogens with one attached hydrogen (secondary N) is 1. The van der Waals surface area contributed by atoms with E-state index in [4.69, 9.17) is 5.73 Å². The van der Waals surface area contributed by atoms with Crippen LogP contribution in [0.3, 0.4) is 0 Å². The number of nitrogens with two attached hydrogens (primary N) is 1. The average molecular weight is 242 g/mol. The molecule has 2 nitrogen and oxygen atoms in total. The Balaban J connectivity index is 1.99. The van der Waals surface area contributed by atoms with E-state index in [0.29, 0.717) is 6.04 Å². The van der Waals surface area contributed by atoms with Gasteiger partial charge in [-0.2, -0.15) is 0 Å². The number of hydrogen-bond acceptors (Lipinski definition) is 2. The van der Waals surface area contributed by atoms with Gasteiger partial charge in [0.25, 0.3) is 0 Å². The molecule has 1 atom stereocenters. The molecule has 0 amide bonds. The summed E-state index contributed by atoms with van der Waals surface area (Å²) in [6.45, 7) is 3.95. The predicted octanol–water partition coefficient (Wildman–Crippen LogP) is 2.71. The van der Waals surface area contributed by atoms with Crippen LogP contribution in [-0.2, 0) is 6.42 Å². The number of rotatable bonds is 6. The van der Waals surface area contributed by atoms with Crippen molar-refractivity contribution in [1.82, 2.24) is 5.32 Å². The summed E-state index contributed by atoms with van der Waals surface area (Å²) >= 11 is 0. The lowest BCUT2D eigenvalue weighted by atomic mass is 10.0. The fourth-order valence-corrected chi connectivity index (χ4v) is 2.32. The predicted molar refractivity (Wildman–Crippen MR) is 78.8 cm³/mol. The Morgan fingerprint density at radius 3 is 2.72 bits per heavy atom. The Labute approximate surface area is 109 Å². The lowest BCUT2D eigenvalue weighted by Crippen LogP contribution is -2.30. The molecule has 2 aromatic rings. The first-order valence-corrected chi connectivity index (χ1v) is 6.71. The highest BCUT2D eigenvalue weighted by Gasteiger charge is 2.02. The standard InChI is InChI=1S/C16H22N2/c1-13(9-11-17)18-12-10-15-7-4-6-14-5-2-3-8-16(14)15/h2-8,13,18H,9-12,17H2,1H3. The first-order valence-electron chi connectivity index (χ1n) is 6.71. The Morgan fingerprint density at radius 1 is 1.11 bits per heavy atom. The Hall–Kier alpha value is -1.38. The molecule has 0 saturated heterocycles. The van der Waals surface area contributed by atoms with Crippen LogP contribution in [0.25, 0.3) is 10.8 Å². The summed E-state index contributed by atoms with van der Waals surface area (Å²) < 4.78 is 0. The molecule has 0 bridgehead atoms. The molecule has 0 fully saturated rings. The topological polar surface area (TPSA) is 38.0 Å². The van der Waals surface area contributed by atoms with Crippen LogP contribution in [0, 0.1) is 0 Å². The van der Waals surface area contributed by atoms with Crippen molar-refractivity contribution in [3.8, 4) is 0 Å². The quantitative estimate of drug-likeness (QED) is 0.817. The molecule has 0 saturated carbocycles. The zero-order valence-electron chi connectivity index (χ0n) is 11.0. The monoisotopic (exact) mass is 242 g/mol. The minimum Gasteiger partial charge on any atom is -0.330 e. The fourth-order valence-electron chi connectivity index (χ4n) is 2.32. The van der Waals surface area contributed by atoms with Crippen LogP contribution in [0.2, 0.25) is 0 Å². The third kappa shape index (κ3) is 3.31. The van der Waals surface area contributed by atoms with Crippen molar-refractivity contribution in [2.45, 2.75) is 25.8 Å². The second-order valence-electron chi connectivity index (χ2n) is 4.82. The molecule has 2 rings (SSSR count). The largest absolute Gasteiger partial charge is 0.330 e. The fraction of sp³-hybridized carbons (Fsp3) is 0.375. The first kappa shape index (κ1) is 13.1. The van der Waals surface area contributed by atoms with E-state index in [1.54, 1.807) is 0 Å². The van der Waals surface area contributed by atoms with Crippen molar-refractivity contribution in [1.29, 1.82) is 0 Å². The van der Waals surface area contributed by atoms with Crippen molar-refractivity contribution < 1.29 is 0 Å². The Morgan fingerprint density at radius 2 is 1.89 bits per heavy atom. The van der Waals surface area contributed by atoms with Crippen LogP contribution >= 0.6 is 0 Å². The summed E-state index contributed by atoms with van der Waals surface area (Å²) in [6.07, 6.45) is 2.10. The molecule has 1 unspecified atom stereocenters. The van der Waals surface area contributed by atoms with E-state index in [0.717, 1.165) is 25.9 Å². The number of hydrogen-bond donors (Lipinski definition) is 2. The minimum atomic E-state index is 0.505. The van der Waals surface area contributed by atoms with Gasteiger partial charge < -0.3 is 11.1 Å². The van der Waals surface area contributed by atoms with E-state index in [1.807, 2.05) is 0 Å². The molecule has 96 valence electrons. The lowest BCUT2D eigenvalue weighted by molar-refractivity contribution is 0.523. The van der Waals surface area contributed by atoms with Gasteiger partial charge in [-0.15, -0.1) is 0 Å². The van der Waals surface area contributed by atoms with Crippen molar-refractivity contribution >= 4 is 10.8 Å². The van der Waals surface area contributed by atoms with Crippen LogP contribution in [0.4, 0.5) is 0 Å². The Bertz CT molecular complexity index is 488. The van der Waals surface area contributed by atoms with Gasteiger partial charge in [-0.1, -0.05) is 42.5 Å². The highest BCUT2D eigenvalue weighted by atomic mass is 14.9. The van der Waals surface area contributed by atoms with E-state index in [1.165, 1.54) is 16.3 Å². The second-order valence-corrected chi connectivity index (χ2v) is 4.82. The summed E-state index contributed by atoms with van der Waals surface area (Å²) in [5, 5.41) is 6.21. The average Bonchev–Trinajstić information content (AvgIpc) is 2.39. The van der Waals surface area contributed by atoms with Gasteiger partial charge in [-0.25, -0.2) is 0 Å².